The van der Waals surface area contributed by atoms with E-state index >= 15 is 0 Å². The average Bonchev–Trinajstić information content (AvgIpc) is 3.23. The number of rotatable bonds is 11. The Morgan fingerprint density at radius 2 is 1.91 bits per heavy atom. The van der Waals surface area contributed by atoms with Crippen molar-refractivity contribution in [2.24, 2.45) is 5.16 Å². The molecule has 1 saturated carbocycles. The molecule has 1 aromatic carbocycles. The zero-order chi connectivity index (χ0) is 23.8. The first-order chi connectivity index (χ1) is 15.8. The van der Waals surface area contributed by atoms with E-state index in [2.05, 4.69) is 20.2 Å². The van der Waals surface area contributed by atoms with Crippen LogP contribution in [0, 0.1) is 10.1 Å². The molecule has 11 heteroatoms. The highest BCUT2D eigenvalue weighted by Crippen LogP contribution is 2.39. The third kappa shape index (κ3) is 6.53. The van der Waals surface area contributed by atoms with Gasteiger partial charge in [0, 0.05) is 11.8 Å². The predicted octanol–water partition coefficient (Wildman–Crippen LogP) is 4.47. The summed E-state index contributed by atoms with van der Waals surface area (Å²) in [5, 5.41) is 30.3. The second-order valence-corrected chi connectivity index (χ2v) is 10.4. The zero-order valence-corrected chi connectivity index (χ0v) is 19.5. The fraction of sp³-hybridized carbons (Fsp3) is 0.545. The zero-order valence-electron chi connectivity index (χ0n) is 18.7. The minimum Gasteiger partial charge on any atom is -0.411 e. The molecule has 1 heterocycles. The number of hydrogen-bond donors (Lipinski definition) is 2. The van der Waals surface area contributed by atoms with E-state index in [4.69, 9.17) is 0 Å². The van der Waals surface area contributed by atoms with Crippen LogP contribution in [-0.4, -0.2) is 47.5 Å². The monoisotopic (exact) mass is 478 g/mol. The van der Waals surface area contributed by atoms with Gasteiger partial charge in [0.15, 0.2) is 9.84 Å². The Labute approximate surface area is 193 Å². The lowest BCUT2D eigenvalue weighted by atomic mass is 9.81. The van der Waals surface area contributed by atoms with Gasteiger partial charge in [-0.25, -0.2) is 8.42 Å². The van der Waals surface area contributed by atoms with Crippen LogP contribution in [0.15, 0.2) is 34.3 Å². The summed E-state index contributed by atoms with van der Waals surface area (Å²) in [6, 6.07) is 6.71. The second-order valence-electron chi connectivity index (χ2n) is 8.41. The Hall–Kier alpha value is -2.95. The van der Waals surface area contributed by atoms with E-state index < -0.39 is 14.9 Å². The molecule has 0 unspecified atom stereocenters. The van der Waals surface area contributed by atoms with Crippen LogP contribution in [0.3, 0.4) is 0 Å². The lowest BCUT2D eigenvalue weighted by Gasteiger charge is -2.23. The number of sulfone groups is 1. The van der Waals surface area contributed by atoms with Crippen LogP contribution in [0.2, 0.25) is 0 Å². The summed E-state index contributed by atoms with van der Waals surface area (Å²) in [6.07, 6.45) is 9.00. The summed E-state index contributed by atoms with van der Waals surface area (Å²) < 4.78 is 23.6. The molecule has 0 atom stereocenters. The van der Waals surface area contributed by atoms with Crippen LogP contribution in [0.1, 0.15) is 75.0 Å². The molecule has 2 aromatic rings. The summed E-state index contributed by atoms with van der Waals surface area (Å²) in [5.41, 5.74) is 3.76. The first-order valence-corrected chi connectivity index (χ1v) is 13.1. The van der Waals surface area contributed by atoms with Crippen LogP contribution in [0.25, 0.3) is 11.3 Å². The number of aromatic nitrogens is 2. The topological polar surface area (TPSA) is 148 Å². The minimum absolute atomic E-state index is 0.0436. The van der Waals surface area contributed by atoms with Crippen molar-refractivity contribution in [3.05, 3.63) is 45.6 Å². The number of aromatic amines is 1. The largest absolute Gasteiger partial charge is 0.411 e. The van der Waals surface area contributed by atoms with E-state index in [1.165, 1.54) is 12.7 Å². The van der Waals surface area contributed by atoms with Gasteiger partial charge in [-0.1, -0.05) is 43.0 Å². The van der Waals surface area contributed by atoms with Gasteiger partial charge in [-0.2, -0.15) is 5.10 Å². The van der Waals surface area contributed by atoms with E-state index in [-0.39, 0.29) is 17.4 Å². The maximum absolute atomic E-state index is 11.8. The molecular formula is C22H30N4O6S. The molecule has 0 amide bonds. The van der Waals surface area contributed by atoms with Crippen molar-refractivity contribution in [3.63, 3.8) is 0 Å². The van der Waals surface area contributed by atoms with Crippen molar-refractivity contribution < 1.29 is 23.5 Å². The molecule has 0 radical (unpaired) electrons. The van der Waals surface area contributed by atoms with Gasteiger partial charge in [0.05, 0.1) is 17.2 Å². The number of nitrogens with one attached hydrogen (secondary N) is 1. The number of nitrogens with zero attached hydrogens (tertiary/aromatic N) is 3. The Kier molecular flexibility index (Phi) is 8.43. The predicted molar refractivity (Wildman–Crippen MR) is 123 cm³/mol. The number of unbranched alkanes of at least 4 members (excludes halogenated alkanes) is 2. The number of H-pyrrole nitrogens is 1. The average molecular weight is 479 g/mol. The third-order valence-electron chi connectivity index (χ3n) is 6.04. The molecule has 0 saturated heterocycles. The molecule has 1 aliphatic rings. The molecule has 1 fully saturated rings. The van der Waals surface area contributed by atoms with Crippen molar-refractivity contribution in [1.29, 1.82) is 0 Å². The van der Waals surface area contributed by atoms with Gasteiger partial charge < -0.3 is 10.0 Å². The molecule has 3 rings (SSSR count). The van der Waals surface area contributed by atoms with E-state index in [0.29, 0.717) is 37.1 Å². The summed E-state index contributed by atoms with van der Waals surface area (Å²) in [4.78, 5) is 14.8. The van der Waals surface area contributed by atoms with Crippen molar-refractivity contribution in [2.45, 2.75) is 68.6 Å². The highest BCUT2D eigenvalue weighted by Gasteiger charge is 2.27. The van der Waals surface area contributed by atoms with Gasteiger partial charge in [-0.15, -0.1) is 10.1 Å². The minimum atomic E-state index is -3.29. The quantitative estimate of drug-likeness (QED) is 0.159. The molecule has 0 aliphatic heterocycles. The lowest BCUT2D eigenvalue weighted by molar-refractivity contribution is -0.757. The second kappa shape index (κ2) is 11.3. The molecule has 1 aliphatic carbocycles. The Bertz CT molecular complexity index is 1070. The van der Waals surface area contributed by atoms with Gasteiger partial charge in [0.25, 0.3) is 5.09 Å². The summed E-state index contributed by atoms with van der Waals surface area (Å²) in [7, 11) is -3.29. The Morgan fingerprint density at radius 1 is 1.21 bits per heavy atom. The first-order valence-electron chi connectivity index (χ1n) is 11.2. The summed E-state index contributed by atoms with van der Waals surface area (Å²) in [6.45, 7) is 0.0436. The van der Waals surface area contributed by atoms with Crippen LogP contribution < -0.4 is 0 Å². The fourth-order valence-electron chi connectivity index (χ4n) is 4.37. The van der Waals surface area contributed by atoms with Gasteiger partial charge in [-0.05, 0) is 55.7 Å². The maximum atomic E-state index is 11.8. The summed E-state index contributed by atoms with van der Waals surface area (Å²) in [5.74, 6) is 0.266. The summed E-state index contributed by atoms with van der Waals surface area (Å²) >= 11 is 0. The number of benzene rings is 1. The maximum Gasteiger partial charge on any atom is 0.294 e. The molecule has 2 N–H and O–H groups in total. The van der Waals surface area contributed by atoms with Crippen molar-refractivity contribution in [2.75, 3.05) is 12.9 Å². The van der Waals surface area contributed by atoms with E-state index in [0.717, 1.165) is 42.5 Å². The van der Waals surface area contributed by atoms with Gasteiger partial charge >= 0.3 is 0 Å². The highest BCUT2D eigenvalue weighted by atomic mass is 32.2. The number of hydrogen-bond acceptors (Lipinski definition) is 8. The standard InChI is InChI=1S/C22H30N4O6S/c1-33(30,31)18-13-11-17(12-14-18)21-20(16-8-4-2-5-9-16)22(24-23-21)19(25-27)10-6-3-7-15-32-26(28)29/h11-14,16,27H,2-10,15H2,1H3,(H,23,24). The van der Waals surface area contributed by atoms with Gasteiger partial charge in [0.2, 0.25) is 0 Å². The highest BCUT2D eigenvalue weighted by molar-refractivity contribution is 7.90. The van der Waals surface area contributed by atoms with E-state index in [1.807, 2.05) is 0 Å². The Balaban J connectivity index is 1.84. The third-order valence-corrected chi connectivity index (χ3v) is 7.17. The lowest BCUT2D eigenvalue weighted by Crippen LogP contribution is -2.12. The Morgan fingerprint density at radius 3 is 2.52 bits per heavy atom. The van der Waals surface area contributed by atoms with E-state index in [1.54, 1.807) is 24.3 Å². The molecule has 0 spiro atoms. The van der Waals surface area contributed by atoms with Crippen LogP contribution in [-0.2, 0) is 14.7 Å². The van der Waals surface area contributed by atoms with Crippen molar-refractivity contribution in [3.8, 4) is 11.3 Å². The van der Waals surface area contributed by atoms with Crippen molar-refractivity contribution in [1.82, 2.24) is 10.2 Å². The number of oxime groups is 1. The SMILES string of the molecule is CS(=O)(=O)c1ccc(-c2[nH]nc(C(CCCCCO[N+](=O)[O-])=NO)c2C2CCCCC2)cc1. The first kappa shape index (κ1) is 24.7. The molecule has 180 valence electrons. The van der Waals surface area contributed by atoms with Crippen LogP contribution >= 0.6 is 0 Å². The molecule has 10 nitrogen and oxygen atoms in total. The molecule has 33 heavy (non-hydrogen) atoms. The van der Waals surface area contributed by atoms with Gasteiger partial charge in [0.1, 0.15) is 11.4 Å². The van der Waals surface area contributed by atoms with E-state index in [9.17, 15) is 23.7 Å². The smallest absolute Gasteiger partial charge is 0.294 e. The van der Waals surface area contributed by atoms with Crippen LogP contribution in [0.5, 0.6) is 0 Å². The van der Waals surface area contributed by atoms with Gasteiger partial charge in [-0.3, -0.25) is 5.10 Å². The van der Waals surface area contributed by atoms with Crippen LogP contribution in [0.4, 0.5) is 0 Å². The molecule has 1 aromatic heterocycles. The molecular weight excluding hydrogens is 448 g/mol. The molecule has 0 bridgehead atoms. The van der Waals surface area contributed by atoms with Crippen molar-refractivity contribution >= 4 is 15.5 Å². The normalized spacial score (nSPS) is 15.5. The fourth-order valence-corrected chi connectivity index (χ4v) is 5.00.